The van der Waals surface area contributed by atoms with Gasteiger partial charge in [0, 0.05) is 51.6 Å². The Kier molecular flexibility index (Phi) is 11.0. The first-order valence-corrected chi connectivity index (χ1v) is 15.9. The van der Waals surface area contributed by atoms with Crippen molar-refractivity contribution in [2.45, 2.75) is 82.1 Å². The molecular formula is C35H34F3NO11. The number of ketones is 2. The van der Waals surface area contributed by atoms with Gasteiger partial charge in [0.1, 0.15) is 0 Å². The van der Waals surface area contributed by atoms with E-state index in [1.54, 1.807) is 12.1 Å². The molecule has 1 heterocycles. The number of carbonyl (C=O) groups is 5. The van der Waals surface area contributed by atoms with Gasteiger partial charge in [0.15, 0.2) is 29.7 Å². The van der Waals surface area contributed by atoms with Crippen LogP contribution in [0.4, 0.5) is 13.2 Å². The van der Waals surface area contributed by atoms with Crippen LogP contribution in [0.2, 0.25) is 0 Å². The molecule has 5 atom stereocenters. The smallest absolute Gasteiger partial charge is 0.450 e. The molecule has 3 aromatic carbocycles. The van der Waals surface area contributed by atoms with Crippen LogP contribution < -0.4 is 10.3 Å². The normalized spacial score (nSPS) is 21.6. The molecule has 0 aromatic heterocycles. The molecule has 0 bridgehead atoms. The molecule has 1 fully saturated rings. The number of unbranched alkanes of at least 4 members (excludes halogenated alkanes) is 1. The number of hydroxylamine groups is 1. The van der Waals surface area contributed by atoms with Crippen molar-refractivity contribution in [3.63, 3.8) is 0 Å². The summed E-state index contributed by atoms with van der Waals surface area (Å²) < 4.78 is 51.6. The van der Waals surface area contributed by atoms with Crippen molar-refractivity contribution >= 4 is 40.5 Å². The van der Waals surface area contributed by atoms with E-state index in [-0.39, 0.29) is 76.1 Å². The number of hydrogen-bond acceptors (Lipinski definition) is 11. The summed E-state index contributed by atoms with van der Waals surface area (Å²) in [5.74, 6) is -4.96. The van der Waals surface area contributed by atoms with Crippen molar-refractivity contribution in [2.75, 3.05) is 6.61 Å². The van der Waals surface area contributed by atoms with E-state index in [4.69, 9.17) is 14.3 Å². The summed E-state index contributed by atoms with van der Waals surface area (Å²) >= 11 is 0. The SMILES string of the molecule is CCCCC(=O)OC(C=O)c1cc2cc3c(cc2c(ONC(=O)C(F)(F)F)c1[C@@H]1CC[C@H](O)[C@H](O)C[C@@H](O)CO1)C(=O)c1ccccc1C3=O. The molecule has 1 amide bonds. The second-order valence-electron chi connectivity index (χ2n) is 12.1. The van der Waals surface area contributed by atoms with Gasteiger partial charge in [-0.2, -0.15) is 18.7 Å². The highest BCUT2D eigenvalue weighted by atomic mass is 19.4. The van der Waals surface area contributed by atoms with E-state index in [2.05, 4.69) is 0 Å². The van der Waals surface area contributed by atoms with E-state index in [0.717, 1.165) is 0 Å². The Bertz CT molecular complexity index is 1830. The number of aliphatic hydroxyl groups excluding tert-OH is 3. The number of aliphatic hydroxyl groups is 3. The zero-order valence-corrected chi connectivity index (χ0v) is 26.7. The molecule has 1 aliphatic carbocycles. The maximum absolute atomic E-state index is 13.6. The highest BCUT2D eigenvalue weighted by Crippen LogP contribution is 2.45. The van der Waals surface area contributed by atoms with Gasteiger partial charge in [0.2, 0.25) is 0 Å². The monoisotopic (exact) mass is 701 g/mol. The fraction of sp³-hybridized carbons (Fsp3) is 0.400. The zero-order chi connectivity index (χ0) is 36.3. The lowest BCUT2D eigenvalue weighted by molar-refractivity contribution is -0.180. The highest BCUT2D eigenvalue weighted by molar-refractivity contribution is 6.29. The summed E-state index contributed by atoms with van der Waals surface area (Å²) in [5, 5.41) is 31.3. The lowest BCUT2D eigenvalue weighted by Gasteiger charge is -2.28. The maximum atomic E-state index is 13.6. The lowest BCUT2D eigenvalue weighted by atomic mass is 9.81. The Morgan fingerprint density at radius 1 is 1.00 bits per heavy atom. The number of esters is 1. The minimum Gasteiger partial charge on any atom is -0.450 e. The second kappa shape index (κ2) is 15.0. The molecule has 1 aliphatic heterocycles. The van der Waals surface area contributed by atoms with Crippen LogP contribution in [0.5, 0.6) is 5.75 Å². The van der Waals surface area contributed by atoms with Crippen LogP contribution in [0.25, 0.3) is 10.8 Å². The predicted octanol–water partition coefficient (Wildman–Crippen LogP) is 3.89. The summed E-state index contributed by atoms with van der Waals surface area (Å²) in [7, 11) is 0. The number of fused-ring (bicyclic) bond motifs is 3. The molecule has 50 heavy (non-hydrogen) atoms. The largest absolute Gasteiger partial charge is 0.474 e. The molecular weight excluding hydrogens is 667 g/mol. The fourth-order valence-corrected chi connectivity index (χ4v) is 6.07. The Hall–Kier alpha value is -4.70. The molecule has 1 unspecified atom stereocenters. The first kappa shape index (κ1) is 36.6. The van der Waals surface area contributed by atoms with Crippen LogP contribution >= 0.6 is 0 Å². The Morgan fingerprint density at radius 2 is 1.66 bits per heavy atom. The lowest BCUT2D eigenvalue weighted by Crippen LogP contribution is -2.39. The summed E-state index contributed by atoms with van der Waals surface area (Å²) in [6.07, 6.45) is -11.9. The second-order valence-corrected chi connectivity index (χ2v) is 12.1. The number of nitrogens with one attached hydrogen (secondary N) is 1. The maximum Gasteiger partial charge on any atom is 0.474 e. The first-order valence-electron chi connectivity index (χ1n) is 15.9. The van der Waals surface area contributed by atoms with E-state index in [9.17, 15) is 52.5 Å². The van der Waals surface area contributed by atoms with Gasteiger partial charge in [-0.05, 0) is 42.8 Å². The third kappa shape index (κ3) is 7.55. The van der Waals surface area contributed by atoms with Gasteiger partial charge in [0.25, 0.3) is 0 Å². The van der Waals surface area contributed by atoms with Gasteiger partial charge in [0.05, 0.1) is 31.0 Å². The van der Waals surface area contributed by atoms with Crippen LogP contribution in [0.3, 0.4) is 0 Å². The van der Waals surface area contributed by atoms with Crippen molar-refractivity contribution < 1.29 is 66.8 Å². The van der Waals surface area contributed by atoms with E-state index in [0.29, 0.717) is 12.8 Å². The molecule has 266 valence electrons. The first-order chi connectivity index (χ1) is 23.7. The number of benzene rings is 3. The molecule has 15 heteroatoms. The molecule has 0 saturated carbocycles. The van der Waals surface area contributed by atoms with Crippen LogP contribution in [0.1, 0.15) is 101 Å². The van der Waals surface area contributed by atoms with E-state index in [1.807, 2.05) is 6.92 Å². The number of rotatable bonds is 9. The minimum absolute atomic E-state index is 0.0503. The summed E-state index contributed by atoms with van der Waals surface area (Å²) in [6.45, 7) is 1.36. The quantitative estimate of drug-likeness (QED) is 0.113. The predicted molar refractivity (Wildman–Crippen MR) is 167 cm³/mol. The number of halogens is 3. The van der Waals surface area contributed by atoms with Gasteiger partial charge in [-0.15, -0.1) is 0 Å². The summed E-state index contributed by atoms with van der Waals surface area (Å²) in [5.41, 5.74) is 0.952. The van der Waals surface area contributed by atoms with Gasteiger partial charge in [-0.3, -0.25) is 24.0 Å². The number of alkyl halides is 3. The Balaban J connectivity index is 1.79. The van der Waals surface area contributed by atoms with Crippen molar-refractivity contribution in [3.05, 3.63) is 75.8 Å². The third-order valence-electron chi connectivity index (χ3n) is 8.63. The number of ether oxygens (including phenoxy) is 2. The molecule has 4 N–H and O–H groups in total. The van der Waals surface area contributed by atoms with Crippen LogP contribution in [0.15, 0.2) is 42.5 Å². The van der Waals surface area contributed by atoms with Crippen molar-refractivity contribution in [3.8, 4) is 5.75 Å². The number of carbonyl (C=O) groups excluding carboxylic acids is 5. The summed E-state index contributed by atoms with van der Waals surface area (Å²) in [4.78, 5) is 69.9. The number of amides is 1. The van der Waals surface area contributed by atoms with Gasteiger partial charge in [-0.25, -0.2) is 0 Å². The molecule has 12 nitrogen and oxygen atoms in total. The van der Waals surface area contributed by atoms with Crippen LogP contribution in [-0.4, -0.2) is 76.1 Å². The minimum atomic E-state index is -5.40. The zero-order valence-electron chi connectivity index (χ0n) is 26.7. The fourth-order valence-electron chi connectivity index (χ4n) is 6.07. The van der Waals surface area contributed by atoms with E-state index >= 15 is 0 Å². The topological polar surface area (TPSA) is 186 Å². The van der Waals surface area contributed by atoms with Crippen molar-refractivity contribution in [2.24, 2.45) is 0 Å². The summed E-state index contributed by atoms with van der Waals surface area (Å²) in [6, 6.07) is 9.83. The average Bonchev–Trinajstić information content (AvgIpc) is 3.14. The number of aldehydes is 1. The van der Waals surface area contributed by atoms with Gasteiger partial charge < -0.3 is 29.6 Å². The van der Waals surface area contributed by atoms with Gasteiger partial charge >= 0.3 is 18.1 Å². The van der Waals surface area contributed by atoms with Crippen LogP contribution in [0, 0.1) is 0 Å². The van der Waals surface area contributed by atoms with Crippen LogP contribution in [-0.2, 0) is 23.9 Å². The molecule has 2 aliphatic rings. The molecule has 0 spiro atoms. The molecule has 5 rings (SSSR count). The standard InChI is InChI=1S/C35H34F3NO11/c1-2-3-8-29(44)49-28(15-40)24-12-17-11-22-23(32(46)20-7-5-4-6-19(20)31(22)45)14-21(17)33(50-39-34(47)35(36,37)38)30(24)27-10-9-25(42)26(43)13-18(41)16-48-27/h4-7,11-12,14-15,18,25-28,41-43H,2-3,8-10,13,16H2,1H3,(H,39,47)/t18-,25+,26-,27+,28?/m1/s1. The average molecular weight is 702 g/mol. The Morgan fingerprint density at radius 3 is 2.28 bits per heavy atom. The highest BCUT2D eigenvalue weighted by Gasteiger charge is 2.41. The van der Waals surface area contributed by atoms with Gasteiger partial charge in [-0.1, -0.05) is 37.6 Å². The van der Waals surface area contributed by atoms with Crippen molar-refractivity contribution in [1.29, 1.82) is 0 Å². The number of hydrogen-bond donors (Lipinski definition) is 4. The van der Waals surface area contributed by atoms with Crippen molar-refractivity contribution in [1.82, 2.24) is 5.48 Å². The van der Waals surface area contributed by atoms with E-state index in [1.165, 1.54) is 35.8 Å². The molecule has 0 radical (unpaired) electrons. The molecule has 1 saturated heterocycles. The Labute approximate surface area is 283 Å². The molecule has 3 aromatic rings. The third-order valence-corrected chi connectivity index (χ3v) is 8.63. The van der Waals surface area contributed by atoms with E-state index < -0.39 is 72.5 Å².